The Balaban J connectivity index is 1.76. The number of carbonyl (C=O) groups is 3. The van der Waals surface area contributed by atoms with Gasteiger partial charge in [-0.3, -0.25) is 14.4 Å². The van der Waals surface area contributed by atoms with Crippen LogP contribution in [0.25, 0.3) is 0 Å². The van der Waals surface area contributed by atoms with E-state index in [4.69, 9.17) is 13.9 Å². The molecule has 0 fully saturated rings. The SMILES string of the molecule is COc1cc(C=O)cc(I)c1O[C@H]1C=C(C(=O)NCCO)C[C@@H](N(Cc2ccoc2)C(=O)c2ccc(C(F)(F)F)cc2)[C@@H]1O. The number of ether oxygens (including phenoxy) is 2. The number of nitrogens with zero attached hydrogens (tertiary/aromatic N) is 1. The van der Waals surface area contributed by atoms with Crippen molar-refractivity contribution in [3.05, 3.63) is 92.5 Å². The average Bonchev–Trinajstić information content (AvgIpc) is 3.53. The maximum absolute atomic E-state index is 13.9. The molecule has 2 aromatic carbocycles. The largest absolute Gasteiger partial charge is 0.493 e. The Kier molecular flexibility index (Phi) is 10.7. The molecule has 0 aliphatic heterocycles. The number of halogens is 4. The van der Waals surface area contributed by atoms with Crippen LogP contribution in [0.5, 0.6) is 11.5 Å². The molecule has 0 spiro atoms. The summed E-state index contributed by atoms with van der Waals surface area (Å²) in [7, 11) is 1.37. The number of aldehydes is 1. The molecular weight excluding hydrogens is 700 g/mol. The fraction of sp³-hybridized carbons (Fsp3) is 0.300. The predicted molar refractivity (Wildman–Crippen MR) is 158 cm³/mol. The van der Waals surface area contributed by atoms with Crippen LogP contribution >= 0.6 is 22.6 Å². The minimum Gasteiger partial charge on any atom is -0.493 e. The Hall–Kier alpha value is -3.89. The lowest BCUT2D eigenvalue weighted by Gasteiger charge is -2.40. The van der Waals surface area contributed by atoms with Gasteiger partial charge in [0.25, 0.3) is 5.91 Å². The van der Waals surface area contributed by atoms with E-state index >= 15 is 0 Å². The molecule has 4 rings (SSSR count). The second-order valence-electron chi connectivity index (χ2n) is 9.81. The first-order valence-electron chi connectivity index (χ1n) is 13.2. The molecule has 10 nitrogen and oxygen atoms in total. The summed E-state index contributed by atoms with van der Waals surface area (Å²) in [6, 6.07) is 7.12. The van der Waals surface area contributed by atoms with Crippen LogP contribution in [0.15, 0.2) is 71.1 Å². The first kappa shape index (κ1) is 33.0. The van der Waals surface area contributed by atoms with Crippen molar-refractivity contribution >= 4 is 40.7 Å². The Morgan fingerprint density at radius 3 is 2.52 bits per heavy atom. The summed E-state index contributed by atoms with van der Waals surface area (Å²) in [5.41, 5.74) is -0.0380. The maximum atomic E-state index is 13.9. The fourth-order valence-electron chi connectivity index (χ4n) is 4.72. The van der Waals surface area contributed by atoms with Crippen LogP contribution < -0.4 is 14.8 Å². The molecular formula is C30H28F3IN2O8. The number of alkyl halides is 3. The minimum absolute atomic E-state index is 0.0585. The Bertz CT molecular complexity index is 1510. The van der Waals surface area contributed by atoms with Crippen LogP contribution in [0.3, 0.4) is 0 Å². The quantitative estimate of drug-likeness (QED) is 0.199. The van der Waals surface area contributed by atoms with Crippen molar-refractivity contribution in [3.63, 3.8) is 0 Å². The second kappa shape index (κ2) is 14.3. The summed E-state index contributed by atoms with van der Waals surface area (Å²) in [5, 5.41) is 23.4. The van der Waals surface area contributed by atoms with Crippen LogP contribution in [0.2, 0.25) is 0 Å². The molecule has 0 bridgehead atoms. The van der Waals surface area contributed by atoms with Gasteiger partial charge in [0.1, 0.15) is 18.5 Å². The zero-order valence-electron chi connectivity index (χ0n) is 23.2. The molecule has 1 aromatic heterocycles. The lowest BCUT2D eigenvalue weighted by Crippen LogP contribution is -2.54. The van der Waals surface area contributed by atoms with Gasteiger partial charge in [0.2, 0.25) is 5.91 Å². The third-order valence-corrected chi connectivity index (χ3v) is 7.71. The molecule has 3 aromatic rings. The lowest BCUT2D eigenvalue weighted by molar-refractivity contribution is -0.137. The topological polar surface area (TPSA) is 139 Å². The van der Waals surface area contributed by atoms with Crippen LogP contribution in [-0.2, 0) is 17.5 Å². The van der Waals surface area contributed by atoms with Crippen molar-refractivity contribution in [2.24, 2.45) is 0 Å². The molecule has 0 radical (unpaired) electrons. The van der Waals surface area contributed by atoms with Crippen molar-refractivity contribution in [1.82, 2.24) is 10.2 Å². The molecule has 3 atom stereocenters. The molecule has 0 saturated heterocycles. The number of carbonyl (C=O) groups excluding carboxylic acids is 3. The van der Waals surface area contributed by atoms with E-state index in [9.17, 15) is 37.8 Å². The molecule has 14 heteroatoms. The van der Waals surface area contributed by atoms with Crippen molar-refractivity contribution in [2.75, 3.05) is 20.3 Å². The van der Waals surface area contributed by atoms with Gasteiger partial charge < -0.3 is 34.3 Å². The van der Waals surface area contributed by atoms with E-state index in [1.807, 2.05) is 22.6 Å². The van der Waals surface area contributed by atoms with Gasteiger partial charge in [0.05, 0.1) is 41.4 Å². The summed E-state index contributed by atoms with van der Waals surface area (Å²) in [4.78, 5) is 39.6. The molecule has 234 valence electrons. The highest BCUT2D eigenvalue weighted by Crippen LogP contribution is 2.37. The number of aliphatic hydroxyl groups is 2. The number of hydrogen-bond donors (Lipinski definition) is 3. The van der Waals surface area contributed by atoms with Crippen LogP contribution in [0, 0.1) is 3.57 Å². The van der Waals surface area contributed by atoms with Gasteiger partial charge in [-0.1, -0.05) is 0 Å². The van der Waals surface area contributed by atoms with E-state index in [-0.39, 0.29) is 48.8 Å². The van der Waals surface area contributed by atoms with E-state index in [1.54, 1.807) is 6.07 Å². The van der Waals surface area contributed by atoms with Crippen molar-refractivity contribution < 1.29 is 51.7 Å². The van der Waals surface area contributed by atoms with Gasteiger partial charge in [-0.05, 0) is 71.1 Å². The molecule has 0 unspecified atom stereocenters. The number of aliphatic hydroxyl groups excluding tert-OH is 2. The third-order valence-electron chi connectivity index (χ3n) is 6.91. The normalized spacial score (nSPS) is 18.2. The fourth-order valence-corrected chi connectivity index (χ4v) is 5.48. The van der Waals surface area contributed by atoms with E-state index < -0.39 is 41.8 Å². The van der Waals surface area contributed by atoms with E-state index in [0.29, 0.717) is 21.0 Å². The summed E-state index contributed by atoms with van der Waals surface area (Å²) in [6.45, 7) is -0.509. The predicted octanol–water partition coefficient (Wildman–Crippen LogP) is 3.98. The number of rotatable bonds is 11. The number of furan rings is 1. The smallest absolute Gasteiger partial charge is 0.416 e. The summed E-state index contributed by atoms with van der Waals surface area (Å²) in [5.74, 6) is -0.927. The number of amides is 2. The first-order valence-corrected chi connectivity index (χ1v) is 14.3. The zero-order chi connectivity index (χ0) is 32.0. The molecule has 0 saturated carbocycles. The molecule has 1 heterocycles. The van der Waals surface area contributed by atoms with E-state index in [0.717, 1.165) is 24.3 Å². The molecule has 3 N–H and O–H groups in total. The molecule has 1 aliphatic carbocycles. The van der Waals surface area contributed by atoms with Gasteiger partial charge in [-0.2, -0.15) is 13.2 Å². The van der Waals surface area contributed by atoms with Crippen molar-refractivity contribution in [3.8, 4) is 11.5 Å². The summed E-state index contributed by atoms with van der Waals surface area (Å²) >= 11 is 1.93. The number of hydrogen-bond acceptors (Lipinski definition) is 8. The maximum Gasteiger partial charge on any atom is 0.416 e. The van der Waals surface area contributed by atoms with Crippen LogP contribution in [0.4, 0.5) is 13.2 Å². The van der Waals surface area contributed by atoms with Gasteiger partial charge >= 0.3 is 6.18 Å². The van der Waals surface area contributed by atoms with Crippen LogP contribution in [-0.4, -0.2) is 71.7 Å². The molecule has 1 aliphatic rings. The highest BCUT2D eigenvalue weighted by Gasteiger charge is 2.41. The summed E-state index contributed by atoms with van der Waals surface area (Å²) < 4.78 is 56.7. The number of benzene rings is 2. The second-order valence-corrected chi connectivity index (χ2v) is 11.0. The zero-order valence-corrected chi connectivity index (χ0v) is 25.4. The molecule has 2 amide bonds. The highest BCUT2D eigenvalue weighted by molar-refractivity contribution is 14.1. The average molecular weight is 728 g/mol. The monoisotopic (exact) mass is 728 g/mol. The Labute approximate surface area is 263 Å². The molecule has 44 heavy (non-hydrogen) atoms. The summed E-state index contributed by atoms with van der Waals surface area (Å²) in [6.07, 6.45) is -2.64. The standard InChI is InChI=1S/C30H28F3IN2O8/c1-42-25-11-18(15-38)10-22(34)27(25)44-24-13-20(28(40)35-7-8-37)12-23(26(24)39)36(14-17-6-9-43-16-17)29(41)19-2-4-21(5-3-19)30(31,32)33/h2-6,9-11,13,15-16,23-24,26,37,39H,7-8,12,14H2,1H3,(H,35,40)/t23-,24+,26+/m1/s1. The van der Waals surface area contributed by atoms with Gasteiger partial charge in [0.15, 0.2) is 11.5 Å². The number of methoxy groups -OCH3 is 1. The van der Waals surface area contributed by atoms with Crippen molar-refractivity contribution in [1.29, 1.82) is 0 Å². The minimum atomic E-state index is -4.60. The Morgan fingerprint density at radius 1 is 1.20 bits per heavy atom. The van der Waals surface area contributed by atoms with Gasteiger partial charge in [-0.15, -0.1) is 0 Å². The van der Waals surface area contributed by atoms with Crippen molar-refractivity contribution in [2.45, 2.75) is 37.4 Å². The van der Waals surface area contributed by atoms with Gasteiger partial charge in [-0.25, -0.2) is 0 Å². The first-order chi connectivity index (χ1) is 21.0. The Morgan fingerprint density at radius 2 is 1.93 bits per heavy atom. The van der Waals surface area contributed by atoms with E-state index in [2.05, 4.69) is 5.32 Å². The lowest BCUT2D eigenvalue weighted by atomic mass is 9.87. The van der Waals surface area contributed by atoms with E-state index in [1.165, 1.54) is 42.7 Å². The highest BCUT2D eigenvalue weighted by atomic mass is 127. The van der Waals surface area contributed by atoms with Gasteiger partial charge in [0, 0.05) is 41.8 Å². The number of nitrogens with one attached hydrogen (secondary N) is 1. The third kappa shape index (κ3) is 7.60. The van der Waals surface area contributed by atoms with Crippen LogP contribution in [0.1, 0.15) is 38.3 Å².